The summed E-state index contributed by atoms with van der Waals surface area (Å²) in [6.07, 6.45) is 1.74. The number of amides is 2. The molecular formula is C28H23FN2O4. The lowest BCUT2D eigenvalue weighted by Gasteiger charge is -2.31. The van der Waals surface area contributed by atoms with Crippen molar-refractivity contribution >= 4 is 28.3 Å². The van der Waals surface area contributed by atoms with Gasteiger partial charge < -0.3 is 9.47 Å². The fourth-order valence-corrected chi connectivity index (χ4v) is 6.28. The highest BCUT2D eigenvalue weighted by Gasteiger charge is 2.74. The molecule has 3 aliphatic heterocycles. The van der Waals surface area contributed by atoms with Gasteiger partial charge in [-0.05, 0) is 55.5 Å². The van der Waals surface area contributed by atoms with Gasteiger partial charge in [0, 0.05) is 11.8 Å². The fraction of sp³-hybridized carbons (Fsp3) is 0.321. The Morgan fingerprint density at radius 2 is 1.80 bits per heavy atom. The van der Waals surface area contributed by atoms with Crippen molar-refractivity contribution < 1.29 is 23.5 Å². The lowest BCUT2D eigenvalue weighted by molar-refractivity contribution is -0.131. The smallest absolute Gasteiger partial charge is 0.240 e. The Kier molecular flexibility index (Phi) is 4.74. The zero-order valence-corrected chi connectivity index (χ0v) is 19.2. The standard InChI is InChI=1S/C28H23FN2O4/c1-27-12-13-28(35-27,14-15-34-19-9-7-18(29)8-10-19)24-23(27)25(32)31(26(24)33)22-11-6-17-4-2-3-5-20(17)21(22)16-30/h2-11,23-24H,12-15H2,1H3. The number of hydrogen-bond donors (Lipinski definition) is 0. The second-order valence-electron chi connectivity index (χ2n) is 9.79. The molecule has 4 unspecified atom stereocenters. The lowest BCUT2D eigenvalue weighted by atomic mass is 9.67. The maximum Gasteiger partial charge on any atom is 0.240 e. The van der Waals surface area contributed by atoms with Gasteiger partial charge in [0.05, 0.1) is 40.9 Å². The average Bonchev–Trinajstić information content (AvgIpc) is 3.44. The van der Waals surface area contributed by atoms with Crippen LogP contribution in [-0.2, 0) is 14.3 Å². The first kappa shape index (κ1) is 21.8. The van der Waals surface area contributed by atoms with Gasteiger partial charge in [0.15, 0.2) is 0 Å². The summed E-state index contributed by atoms with van der Waals surface area (Å²) in [5.74, 6) is -1.68. The highest BCUT2D eigenvalue weighted by Crippen LogP contribution is 2.62. The van der Waals surface area contributed by atoms with E-state index in [1.165, 1.54) is 17.0 Å². The molecule has 0 aliphatic carbocycles. The van der Waals surface area contributed by atoms with Crippen molar-refractivity contribution in [2.45, 2.75) is 37.4 Å². The molecule has 4 atom stereocenters. The van der Waals surface area contributed by atoms with Gasteiger partial charge in [0.1, 0.15) is 17.6 Å². The van der Waals surface area contributed by atoms with Crippen LogP contribution in [0.3, 0.4) is 0 Å². The zero-order chi connectivity index (χ0) is 24.4. The Bertz CT molecular complexity index is 1410. The van der Waals surface area contributed by atoms with Crippen LogP contribution in [0.25, 0.3) is 10.8 Å². The fourth-order valence-electron chi connectivity index (χ4n) is 6.28. The minimum atomic E-state index is -0.815. The first-order valence-electron chi connectivity index (χ1n) is 11.8. The SMILES string of the molecule is CC12CCC(CCOc3ccc(F)cc3)(O1)C1C(=O)N(c3ccc4ccccc4c3C#N)C(=O)C12. The van der Waals surface area contributed by atoms with Gasteiger partial charge >= 0.3 is 0 Å². The molecule has 2 bridgehead atoms. The van der Waals surface area contributed by atoms with Gasteiger partial charge in [-0.2, -0.15) is 5.26 Å². The van der Waals surface area contributed by atoms with E-state index in [2.05, 4.69) is 6.07 Å². The van der Waals surface area contributed by atoms with Crippen LogP contribution >= 0.6 is 0 Å². The molecule has 0 radical (unpaired) electrons. The Labute approximate surface area is 201 Å². The number of ether oxygens (including phenoxy) is 2. The number of nitrogens with zero attached hydrogens (tertiary/aromatic N) is 2. The van der Waals surface area contributed by atoms with Gasteiger partial charge in [0.25, 0.3) is 0 Å². The molecule has 7 heteroatoms. The summed E-state index contributed by atoms with van der Waals surface area (Å²) in [7, 11) is 0. The molecule has 0 spiro atoms. The van der Waals surface area contributed by atoms with E-state index in [1.54, 1.807) is 18.2 Å². The first-order valence-corrected chi connectivity index (χ1v) is 11.8. The van der Waals surface area contributed by atoms with Crippen LogP contribution in [0, 0.1) is 29.0 Å². The molecule has 0 N–H and O–H groups in total. The topological polar surface area (TPSA) is 79.6 Å². The monoisotopic (exact) mass is 470 g/mol. The summed E-state index contributed by atoms with van der Waals surface area (Å²) in [6, 6.07) is 18.9. The second kappa shape index (κ2) is 7.62. The number of fused-ring (bicyclic) bond motifs is 6. The van der Waals surface area contributed by atoms with Crippen LogP contribution in [0.1, 0.15) is 31.7 Å². The number of nitriles is 1. The molecule has 2 amide bonds. The summed E-state index contributed by atoms with van der Waals surface area (Å²) in [5, 5.41) is 11.5. The van der Waals surface area contributed by atoms with Crippen molar-refractivity contribution in [3.05, 3.63) is 72.0 Å². The third-order valence-corrected chi connectivity index (χ3v) is 7.88. The van der Waals surface area contributed by atoms with Crippen molar-refractivity contribution in [2.75, 3.05) is 11.5 Å². The van der Waals surface area contributed by atoms with Crippen LogP contribution in [0.15, 0.2) is 60.7 Å². The minimum absolute atomic E-state index is 0.270. The van der Waals surface area contributed by atoms with Crippen molar-refractivity contribution in [2.24, 2.45) is 11.8 Å². The quantitative estimate of drug-likeness (QED) is 0.503. The summed E-state index contributed by atoms with van der Waals surface area (Å²) in [6.45, 7) is 2.17. The number of anilines is 1. The Hall–Kier alpha value is -3.76. The molecule has 35 heavy (non-hydrogen) atoms. The van der Waals surface area contributed by atoms with E-state index in [1.807, 2.05) is 37.3 Å². The Morgan fingerprint density at radius 3 is 2.57 bits per heavy atom. The molecule has 0 saturated carbocycles. The highest BCUT2D eigenvalue weighted by molar-refractivity contribution is 6.24. The molecule has 3 aromatic rings. The maximum absolute atomic E-state index is 13.8. The van der Waals surface area contributed by atoms with E-state index in [0.717, 1.165) is 5.39 Å². The predicted molar refractivity (Wildman–Crippen MR) is 126 cm³/mol. The highest BCUT2D eigenvalue weighted by atomic mass is 19.1. The van der Waals surface area contributed by atoms with E-state index in [9.17, 15) is 19.2 Å². The maximum atomic E-state index is 13.8. The van der Waals surface area contributed by atoms with Crippen molar-refractivity contribution in [3.63, 3.8) is 0 Å². The van der Waals surface area contributed by atoms with Gasteiger partial charge in [-0.1, -0.05) is 30.3 Å². The third kappa shape index (κ3) is 3.10. The normalized spacial score (nSPS) is 29.0. The summed E-state index contributed by atoms with van der Waals surface area (Å²) in [5.41, 5.74) is -0.913. The van der Waals surface area contributed by atoms with Gasteiger partial charge in [-0.3, -0.25) is 9.59 Å². The van der Waals surface area contributed by atoms with Crippen LogP contribution in [0.2, 0.25) is 0 Å². The van der Waals surface area contributed by atoms with Gasteiger partial charge in [-0.15, -0.1) is 0 Å². The summed E-state index contributed by atoms with van der Waals surface area (Å²) < 4.78 is 25.5. The largest absolute Gasteiger partial charge is 0.493 e. The van der Waals surface area contributed by atoms with Crippen LogP contribution in [0.5, 0.6) is 5.75 Å². The number of carbonyl (C=O) groups excluding carboxylic acids is 2. The predicted octanol–water partition coefficient (Wildman–Crippen LogP) is 4.75. The molecular weight excluding hydrogens is 447 g/mol. The molecule has 3 saturated heterocycles. The lowest BCUT2D eigenvalue weighted by Crippen LogP contribution is -2.43. The number of benzene rings is 3. The van der Waals surface area contributed by atoms with Crippen molar-refractivity contribution in [1.29, 1.82) is 5.26 Å². The van der Waals surface area contributed by atoms with Gasteiger partial charge in [-0.25, -0.2) is 9.29 Å². The van der Waals surface area contributed by atoms with Crippen LogP contribution in [-0.4, -0.2) is 29.6 Å². The van der Waals surface area contributed by atoms with Crippen molar-refractivity contribution in [3.8, 4) is 11.8 Å². The van der Waals surface area contributed by atoms with Gasteiger partial charge in [0.2, 0.25) is 11.8 Å². The Balaban J connectivity index is 1.33. The molecule has 3 aliphatic rings. The third-order valence-electron chi connectivity index (χ3n) is 7.88. The number of hydrogen-bond acceptors (Lipinski definition) is 5. The average molecular weight is 471 g/mol. The Morgan fingerprint density at radius 1 is 1.06 bits per heavy atom. The number of halogens is 1. The second-order valence-corrected chi connectivity index (χ2v) is 9.79. The number of imide groups is 1. The van der Waals surface area contributed by atoms with Crippen LogP contribution in [0.4, 0.5) is 10.1 Å². The molecule has 176 valence electrons. The number of carbonyl (C=O) groups is 2. The first-order chi connectivity index (χ1) is 16.9. The number of rotatable bonds is 5. The zero-order valence-electron chi connectivity index (χ0n) is 19.2. The molecule has 6 nitrogen and oxygen atoms in total. The van der Waals surface area contributed by atoms with E-state index >= 15 is 0 Å². The van der Waals surface area contributed by atoms with E-state index < -0.39 is 23.0 Å². The molecule has 6 rings (SSSR count). The molecule has 3 fully saturated rings. The molecule has 0 aromatic heterocycles. The molecule has 3 heterocycles. The summed E-state index contributed by atoms with van der Waals surface area (Å²) >= 11 is 0. The molecule has 3 aromatic carbocycles. The van der Waals surface area contributed by atoms with Crippen molar-refractivity contribution in [1.82, 2.24) is 0 Å². The van der Waals surface area contributed by atoms with E-state index in [0.29, 0.717) is 41.6 Å². The minimum Gasteiger partial charge on any atom is -0.493 e. The van der Waals surface area contributed by atoms with Crippen LogP contribution < -0.4 is 9.64 Å². The van der Waals surface area contributed by atoms with E-state index in [4.69, 9.17) is 9.47 Å². The van der Waals surface area contributed by atoms with E-state index in [-0.39, 0.29) is 24.2 Å². The summed E-state index contributed by atoms with van der Waals surface area (Å²) in [4.78, 5) is 28.8.